The van der Waals surface area contributed by atoms with E-state index >= 15 is 0 Å². The second kappa shape index (κ2) is 9.61. The molecule has 0 fully saturated rings. The van der Waals surface area contributed by atoms with Crippen LogP contribution in [0.3, 0.4) is 0 Å². The van der Waals surface area contributed by atoms with Crippen LogP contribution >= 0.6 is 11.8 Å². The molecule has 4 rings (SSSR count). The third-order valence-electron chi connectivity index (χ3n) is 4.58. The van der Waals surface area contributed by atoms with E-state index < -0.39 is 5.97 Å². The minimum Gasteiger partial charge on any atom is -0.462 e. The molecule has 0 radical (unpaired) electrons. The SMILES string of the molecule is CCOC(=O)c1ccc(NC(=O)CSc2ncnc3c(-c4cccc(F)c4)c[nH]c23)cc1. The molecule has 0 spiro atoms. The van der Waals surface area contributed by atoms with Crippen LogP contribution in [0.25, 0.3) is 22.2 Å². The number of thioether (sulfide) groups is 1. The molecule has 162 valence electrons. The smallest absolute Gasteiger partial charge is 0.338 e. The van der Waals surface area contributed by atoms with Crippen LogP contribution in [0, 0.1) is 5.82 Å². The summed E-state index contributed by atoms with van der Waals surface area (Å²) in [5, 5.41) is 3.40. The van der Waals surface area contributed by atoms with Crippen molar-refractivity contribution in [3.05, 3.63) is 72.4 Å². The topological polar surface area (TPSA) is 97.0 Å². The van der Waals surface area contributed by atoms with Crippen LogP contribution in [-0.4, -0.2) is 39.2 Å². The van der Waals surface area contributed by atoms with E-state index in [0.717, 1.165) is 5.56 Å². The molecule has 2 aromatic heterocycles. The highest BCUT2D eigenvalue weighted by atomic mass is 32.2. The second-order valence-electron chi connectivity index (χ2n) is 6.75. The minimum atomic E-state index is -0.405. The first kappa shape index (κ1) is 21.5. The number of hydrogen-bond donors (Lipinski definition) is 2. The summed E-state index contributed by atoms with van der Waals surface area (Å²) in [7, 11) is 0. The zero-order valence-electron chi connectivity index (χ0n) is 17.1. The molecule has 0 bridgehead atoms. The zero-order valence-corrected chi connectivity index (χ0v) is 17.9. The quantitative estimate of drug-likeness (QED) is 0.241. The van der Waals surface area contributed by atoms with Gasteiger partial charge in [0.2, 0.25) is 5.91 Å². The first-order chi connectivity index (χ1) is 15.5. The Labute approximate surface area is 187 Å². The minimum absolute atomic E-state index is 0.125. The maximum atomic E-state index is 13.6. The van der Waals surface area contributed by atoms with Crippen LogP contribution in [0.5, 0.6) is 0 Å². The summed E-state index contributed by atoms with van der Waals surface area (Å²) in [6, 6.07) is 12.8. The summed E-state index contributed by atoms with van der Waals surface area (Å²) >= 11 is 1.26. The van der Waals surface area contributed by atoms with Crippen molar-refractivity contribution in [3.63, 3.8) is 0 Å². The first-order valence-electron chi connectivity index (χ1n) is 9.83. The molecule has 0 aliphatic heterocycles. The first-order valence-corrected chi connectivity index (χ1v) is 10.8. The van der Waals surface area contributed by atoms with Crippen LogP contribution in [0.4, 0.5) is 10.1 Å². The molecule has 0 saturated carbocycles. The van der Waals surface area contributed by atoms with Crippen molar-refractivity contribution in [3.8, 4) is 11.1 Å². The monoisotopic (exact) mass is 450 g/mol. The number of halogens is 1. The van der Waals surface area contributed by atoms with Gasteiger partial charge in [-0.25, -0.2) is 19.2 Å². The lowest BCUT2D eigenvalue weighted by Gasteiger charge is -2.07. The highest BCUT2D eigenvalue weighted by Gasteiger charge is 2.14. The maximum absolute atomic E-state index is 13.6. The molecular weight excluding hydrogens is 431 g/mol. The number of nitrogens with one attached hydrogen (secondary N) is 2. The second-order valence-corrected chi connectivity index (χ2v) is 7.71. The molecule has 2 aromatic carbocycles. The van der Waals surface area contributed by atoms with Gasteiger partial charge in [-0.05, 0) is 48.9 Å². The van der Waals surface area contributed by atoms with Gasteiger partial charge in [-0.1, -0.05) is 23.9 Å². The Bertz CT molecular complexity index is 1270. The summed E-state index contributed by atoms with van der Waals surface area (Å²) < 4.78 is 18.6. The Morgan fingerprint density at radius 3 is 2.72 bits per heavy atom. The highest BCUT2D eigenvalue weighted by Crippen LogP contribution is 2.31. The van der Waals surface area contributed by atoms with Gasteiger partial charge in [-0.15, -0.1) is 0 Å². The van der Waals surface area contributed by atoms with E-state index in [9.17, 15) is 14.0 Å². The van der Waals surface area contributed by atoms with Crippen molar-refractivity contribution in [1.29, 1.82) is 0 Å². The number of rotatable bonds is 7. The number of anilines is 1. The van der Waals surface area contributed by atoms with Gasteiger partial charge >= 0.3 is 5.97 Å². The molecule has 0 unspecified atom stereocenters. The van der Waals surface area contributed by atoms with Gasteiger partial charge in [0.15, 0.2) is 0 Å². The Morgan fingerprint density at radius 2 is 1.97 bits per heavy atom. The van der Waals surface area contributed by atoms with Gasteiger partial charge in [-0.3, -0.25) is 4.79 Å². The third-order valence-corrected chi connectivity index (χ3v) is 5.57. The van der Waals surface area contributed by atoms with Gasteiger partial charge in [0, 0.05) is 17.4 Å². The fourth-order valence-corrected chi connectivity index (χ4v) is 3.90. The summed E-state index contributed by atoms with van der Waals surface area (Å²) in [6.07, 6.45) is 3.18. The van der Waals surface area contributed by atoms with Gasteiger partial charge in [-0.2, -0.15) is 0 Å². The van der Waals surface area contributed by atoms with Crippen LogP contribution in [0.1, 0.15) is 17.3 Å². The van der Waals surface area contributed by atoms with E-state index in [1.165, 1.54) is 30.2 Å². The lowest BCUT2D eigenvalue weighted by Crippen LogP contribution is -2.14. The van der Waals surface area contributed by atoms with E-state index in [1.54, 1.807) is 49.5 Å². The van der Waals surface area contributed by atoms with E-state index in [4.69, 9.17) is 4.74 Å². The van der Waals surface area contributed by atoms with Crippen LogP contribution in [0.15, 0.2) is 66.1 Å². The Hall–Kier alpha value is -3.72. The molecule has 7 nitrogen and oxygen atoms in total. The average molecular weight is 450 g/mol. The number of aromatic amines is 1. The van der Waals surface area contributed by atoms with Crippen LogP contribution < -0.4 is 5.32 Å². The molecule has 2 heterocycles. The molecule has 1 amide bonds. The van der Waals surface area contributed by atoms with Crippen molar-refractivity contribution >= 4 is 40.4 Å². The normalized spacial score (nSPS) is 10.8. The van der Waals surface area contributed by atoms with E-state index in [-0.39, 0.29) is 17.5 Å². The third kappa shape index (κ3) is 4.78. The molecule has 0 saturated heterocycles. The molecule has 0 atom stereocenters. The lowest BCUT2D eigenvalue weighted by molar-refractivity contribution is -0.113. The number of hydrogen-bond acceptors (Lipinski definition) is 6. The Balaban J connectivity index is 1.43. The van der Waals surface area contributed by atoms with Crippen LogP contribution in [-0.2, 0) is 9.53 Å². The predicted octanol–water partition coefficient (Wildman–Crippen LogP) is 4.67. The van der Waals surface area contributed by atoms with Gasteiger partial charge < -0.3 is 15.0 Å². The maximum Gasteiger partial charge on any atom is 0.338 e. The largest absolute Gasteiger partial charge is 0.462 e. The number of carbonyl (C=O) groups is 2. The number of amides is 1. The summed E-state index contributed by atoms with van der Waals surface area (Å²) in [6.45, 7) is 2.04. The molecular formula is C23H19FN4O3S. The number of aromatic nitrogens is 3. The zero-order chi connectivity index (χ0) is 22.5. The number of esters is 1. The predicted molar refractivity (Wildman–Crippen MR) is 121 cm³/mol. The molecule has 2 N–H and O–H groups in total. The molecule has 4 aromatic rings. The van der Waals surface area contributed by atoms with E-state index in [1.807, 2.05) is 0 Å². The molecule has 32 heavy (non-hydrogen) atoms. The summed E-state index contributed by atoms with van der Waals surface area (Å²) in [5.74, 6) is -0.827. The Morgan fingerprint density at radius 1 is 1.16 bits per heavy atom. The average Bonchev–Trinajstić information content (AvgIpc) is 3.23. The van der Waals surface area contributed by atoms with Gasteiger partial charge in [0.25, 0.3) is 0 Å². The van der Waals surface area contributed by atoms with Crippen molar-refractivity contribution in [2.45, 2.75) is 11.9 Å². The number of benzene rings is 2. The van der Waals surface area contributed by atoms with Crippen LogP contribution in [0.2, 0.25) is 0 Å². The number of fused-ring (bicyclic) bond motifs is 1. The highest BCUT2D eigenvalue weighted by molar-refractivity contribution is 8.00. The van der Waals surface area contributed by atoms with Crippen molar-refractivity contribution in [1.82, 2.24) is 15.0 Å². The summed E-state index contributed by atoms with van der Waals surface area (Å²) in [4.78, 5) is 35.8. The van der Waals surface area contributed by atoms with Crippen molar-refractivity contribution < 1.29 is 18.7 Å². The molecule has 9 heteroatoms. The van der Waals surface area contributed by atoms with Gasteiger partial charge in [0.05, 0.1) is 23.4 Å². The standard InChI is InChI=1S/C23H19FN4O3S/c1-2-31-23(30)14-6-8-17(9-7-14)28-19(29)12-32-22-21-20(26-13-27-22)18(11-25-21)15-4-3-5-16(24)10-15/h3-11,13,25H,2,12H2,1H3,(H,28,29). The Kier molecular flexibility index (Phi) is 6.46. The molecule has 0 aliphatic carbocycles. The lowest BCUT2D eigenvalue weighted by atomic mass is 10.1. The van der Waals surface area contributed by atoms with Crippen molar-refractivity contribution in [2.24, 2.45) is 0 Å². The van der Waals surface area contributed by atoms with E-state index in [0.29, 0.717) is 39.5 Å². The van der Waals surface area contributed by atoms with Gasteiger partial charge in [0.1, 0.15) is 22.7 Å². The van der Waals surface area contributed by atoms with Crippen molar-refractivity contribution in [2.75, 3.05) is 17.7 Å². The number of nitrogens with zero attached hydrogens (tertiary/aromatic N) is 2. The summed E-state index contributed by atoms with van der Waals surface area (Å²) in [5.41, 5.74) is 3.80. The fourth-order valence-electron chi connectivity index (χ4n) is 3.14. The van der Waals surface area contributed by atoms with E-state index in [2.05, 4.69) is 20.3 Å². The fraction of sp³-hybridized carbons (Fsp3) is 0.130. The number of ether oxygens (including phenoxy) is 1. The number of H-pyrrole nitrogens is 1. The molecule has 0 aliphatic rings. The number of carbonyl (C=O) groups excluding carboxylic acids is 2.